The lowest BCUT2D eigenvalue weighted by molar-refractivity contribution is -0.149. The number of carbonyl (C=O) groups is 2. The lowest BCUT2D eigenvalue weighted by Gasteiger charge is -2.31. The Balaban J connectivity index is 2.40. The molecule has 0 radical (unpaired) electrons. The molecular weight excluding hydrogens is 186 g/mol. The Labute approximate surface area is 83.0 Å². The Morgan fingerprint density at radius 3 is 2.86 bits per heavy atom. The molecule has 1 saturated heterocycles. The summed E-state index contributed by atoms with van der Waals surface area (Å²) in [4.78, 5) is 23.7. The summed E-state index contributed by atoms with van der Waals surface area (Å²) in [7, 11) is 1.34. The molecule has 0 N–H and O–H groups in total. The molecule has 1 aliphatic heterocycles. The highest BCUT2D eigenvalue weighted by Gasteiger charge is 2.24. The summed E-state index contributed by atoms with van der Waals surface area (Å²) < 4.78 is 9.86. The summed E-state index contributed by atoms with van der Waals surface area (Å²) in [5.74, 6) is -0.288. The van der Waals surface area contributed by atoms with E-state index in [4.69, 9.17) is 4.74 Å². The van der Waals surface area contributed by atoms with E-state index < -0.39 is 0 Å². The first-order valence-corrected chi connectivity index (χ1v) is 4.57. The van der Waals surface area contributed by atoms with E-state index in [1.807, 2.05) is 0 Å². The van der Waals surface area contributed by atoms with Gasteiger partial charge in [0.05, 0.1) is 26.2 Å². The summed E-state index contributed by atoms with van der Waals surface area (Å²) in [6, 6.07) is 0. The van der Waals surface area contributed by atoms with E-state index in [0.29, 0.717) is 19.7 Å². The van der Waals surface area contributed by atoms with Crippen LogP contribution in [0.15, 0.2) is 0 Å². The monoisotopic (exact) mass is 201 g/mol. The fourth-order valence-corrected chi connectivity index (χ4v) is 1.40. The van der Waals surface area contributed by atoms with Crippen molar-refractivity contribution in [1.82, 2.24) is 4.90 Å². The van der Waals surface area contributed by atoms with Crippen molar-refractivity contribution in [3.8, 4) is 0 Å². The van der Waals surface area contributed by atoms with Crippen LogP contribution in [-0.2, 0) is 19.1 Å². The Morgan fingerprint density at radius 2 is 2.29 bits per heavy atom. The van der Waals surface area contributed by atoms with E-state index in [2.05, 4.69) is 4.74 Å². The highest BCUT2D eigenvalue weighted by atomic mass is 16.5. The average Bonchev–Trinajstić information content (AvgIpc) is 2.18. The number of hydrogen-bond acceptors (Lipinski definition) is 4. The van der Waals surface area contributed by atoms with E-state index in [0.717, 1.165) is 0 Å². The van der Waals surface area contributed by atoms with Crippen molar-refractivity contribution in [1.29, 1.82) is 0 Å². The van der Waals surface area contributed by atoms with Crippen molar-refractivity contribution in [2.45, 2.75) is 19.4 Å². The lowest BCUT2D eigenvalue weighted by atomic mass is 10.2. The van der Waals surface area contributed by atoms with Gasteiger partial charge in [-0.3, -0.25) is 9.59 Å². The van der Waals surface area contributed by atoms with Crippen molar-refractivity contribution >= 4 is 11.9 Å². The molecule has 0 aliphatic carbocycles. The van der Waals surface area contributed by atoms with Crippen LogP contribution in [0.25, 0.3) is 0 Å². The maximum absolute atomic E-state index is 11.1. The maximum Gasteiger partial charge on any atom is 0.308 e. The summed E-state index contributed by atoms with van der Waals surface area (Å²) in [5.41, 5.74) is 0. The van der Waals surface area contributed by atoms with Gasteiger partial charge in [-0.1, -0.05) is 0 Å². The molecule has 0 bridgehead atoms. The van der Waals surface area contributed by atoms with Crippen molar-refractivity contribution in [3.63, 3.8) is 0 Å². The van der Waals surface area contributed by atoms with Crippen molar-refractivity contribution in [2.75, 3.05) is 26.8 Å². The number of morpholine rings is 1. The SMILES string of the molecule is COC(=O)CC1CN(C(C)=O)CCO1. The molecule has 80 valence electrons. The van der Waals surface area contributed by atoms with Crippen molar-refractivity contribution < 1.29 is 19.1 Å². The summed E-state index contributed by atoms with van der Waals surface area (Å²) in [5, 5.41) is 0. The molecule has 1 aliphatic rings. The summed E-state index contributed by atoms with van der Waals surface area (Å²) in [6.45, 7) is 3.08. The molecule has 0 aromatic carbocycles. The topological polar surface area (TPSA) is 55.8 Å². The summed E-state index contributed by atoms with van der Waals surface area (Å²) in [6.07, 6.45) is -0.0135. The number of hydrogen-bond donors (Lipinski definition) is 0. The Hall–Kier alpha value is -1.10. The zero-order valence-corrected chi connectivity index (χ0v) is 8.49. The van der Waals surface area contributed by atoms with Crippen LogP contribution in [0.4, 0.5) is 0 Å². The number of amides is 1. The molecule has 5 heteroatoms. The van der Waals surface area contributed by atoms with Crippen molar-refractivity contribution in [2.24, 2.45) is 0 Å². The van der Waals surface area contributed by atoms with Crippen LogP contribution in [-0.4, -0.2) is 49.7 Å². The van der Waals surface area contributed by atoms with Gasteiger partial charge in [-0.2, -0.15) is 0 Å². The number of carbonyl (C=O) groups excluding carboxylic acids is 2. The van der Waals surface area contributed by atoms with Crippen LogP contribution in [0.2, 0.25) is 0 Å². The zero-order valence-electron chi connectivity index (χ0n) is 8.49. The molecule has 0 aromatic heterocycles. The molecular formula is C9H15NO4. The Morgan fingerprint density at radius 1 is 1.57 bits per heavy atom. The number of esters is 1. The van der Waals surface area contributed by atoms with Gasteiger partial charge in [0.1, 0.15) is 0 Å². The van der Waals surface area contributed by atoms with Crippen LogP contribution in [0, 0.1) is 0 Å². The minimum absolute atomic E-state index is 0.0168. The van der Waals surface area contributed by atoms with E-state index >= 15 is 0 Å². The van der Waals surface area contributed by atoms with Gasteiger partial charge in [-0.25, -0.2) is 0 Å². The number of nitrogens with zero attached hydrogens (tertiary/aromatic N) is 1. The van der Waals surface area contributed by atoms with Gasteiger partial charge in [-0.05, 0) is 0 Å². The molecule has 5 nitrogen and oxygen atoms in total. The standard InChI is InChI=1S/C9H15NO4/c1-7(11)10-3-4-14-8(6-10)5-9(12)13-2/h8H,3-6H2,1-2H3. The largest absolute Gasteiger partial charge is 0.469 e. The van der Waals surface area contributed by atoms with E-state index in [1.165, 1.54) is 14.0 Å². The van der Waals surface area contributed by atoms with Gasteiger partial charge >= 0.3 is 5.97 Å². The first-order valence-electron chi connectivity index (χ1n) is 4.57. The quantitative estimate of drug-likeness (QED) is 0.580. The number of methoxy groups -OCH3 is 1. The molecule has 0 saturated carbocycles. The van der Waals surface area contributed by atoms with E-state index in [9.17, 15) is 9.59 Å². The normalized spacial score (nSPS) is 21.9. The van der Waals surface area contributed by atoms with Gasteiger partial charge in [0.15, 0.2) is 0 Å². The molecule has 1 unspecified atom stereocenters. The van der Waals surface area contributed by atoms with Crippen molar-refractivity contribution in [3.05, 3.63) is 0 Å². The van der Waals surface area contributed by atoms with Crippen LogP contribution in [0.3, 0.4) is 0 Å². The Bertz CT molecular complexity index is 229. The first-order chi connectivity index (χ1) is 6.63. The lowest BCUT2D eigenvalue weighted by Crippen LogP contribution is -2.45. The highest BCUT2D eigenvalue weighted by molar-refractivity contribution is 5.73. The first kappa shape index (κ1) is 11.0. The number of ether oxygens (including phenoxy) is 2. The van der Waals surface area contributed by atoms with Crippen LogP contribution < -0.4 is 0 Å². The van der Waals surface area contributed by atoms with Gasteiger partial charge < -0.3 is 14.4 Å². The third kappa shape index (κ3) is 2.99. The molecule has 14 heavy (non-hydrogen) atoms. The highest BCUT2D eigenvalue weighted by Crippen LogP contribution is 2.09. The maximum atomic E-state index is 11.1. The van der Waals surface area contributed by atoms with Gasteiger partial charge in [-0.15, -0.1) is 0 Å². The van der Waals surface area contributed by atoms with Gasteiger partial charge in [0.2, 0.25) is 5.91 Å². The van der Waals surface area contributed by atoms with Crippen LogP contribution in [0.5, 0.6) is 0 Å². The smallest absolute Gasteiger partial charge is 0.308 e. The van der Waals surface area contributed by atoms with Crippen LogP contribution in [0.1, 0.15) is 13.3 Å². The predicted molar refractivity (Wildman–Crippen MR) is 48.6 cm³/mol. The average molecular weight is 201 g/mol. The molecule has 1 atom stereocenters. The molecule has 0 aromatic rings. The van der Waals surface area contributed by atoms with Gasteiger partial charge in [0.25, 0.3) is 0 Å². The molecule has 0 spiro atoms. The minimum Gasteiger partial charge on any atom is -0.469 e. The third-order valence-corrected chi connectivity index (χ3v) is 2.21. The van der Waals surface area contributed by atoms with E-state index in [-0.39, 0.29) is 24.4 Å². The summed E-state index contributed by atoms with van der Waals surface area (Å²) >= 11 is 0. The Kier molecular flexibility index (Phi) is 3.88. The predicted octanol–water partition coefficient (Wildman–Crippen LogP) is -0.203. The second-order valence-electron chi connectivity index (χ2n) is 3.24. The molecule has 1 heterocycles. The second kappa shape index (κ2) is 4.95. The molecule has 1 amide bonds. The minimum atomic E-state index is -0.305. The molecule has 1 fully saturated rings. The second-order valence-corrected chi connectivity index (χ2v) is 3.24. The fourth-order valence-electron chi connectivity index (χ4n) is 1.40. The third-order valence-electron chi connectivity index (χ3n) is 2.21. The van der Waals surface area contributed by atoms with Crippen LogP contribution >= 0.6 is 0 Å². The van der Waals surface area contributed by atoms with Gasteiger partial charge in [0, 0.05) is 20.0 Å². The fraction of sp³-hybridized carbons (Fsp3) is 0.778. The number of rotatable bonds is 2. The zero-order chi connectivity index (χ0) is 10.6. The van der Waals surface area contributed by atoms with E-state index in [1.54, 1.807) is 4.90 Å². The molecule has 1 rings (SSSR count).